The molecule has 2 heterocycles. The van der Waals surface area contributed by atoms with Gasteiger partial charge in [-0.25, -0.2) is 13.4 Å². The molecular formula is C23H24ClN3O3S. The summed E-state index contributed by atoms with van der Waals surface area (Å²) >= 11 is 6.10. The highest BCUT2D eigenvalue weighted by atomic mass is 35.5. The number of rotatable bonds is 7. The minimum absolute atomic E-state index is 0.0275. The molecule has 0 aliphatic carbocycles. The maximum Gasteiger partial charge on any atom is 0.262 e. The van der Waals surface area contributed by atoms with Crippen LogP contribution < -0.4 is 0 Å². The molecule has 8 heteroatoms. The molecule has 0 N–H and O–H groups in total. The van der Waals surface area contributed by atoms with E-state index in [4.69, 9.17) is 11.6 Å². The van der Waals surface area contributed by atoms with Gasteiger partial charge in [-0.1, -0.05) is 41.9 Å². The van der Waals surface area contributed by atoms with Crippen LogP contribution in [0.25, 0.3) is 0 Å². The Kier molecular flexibility index (Phi) is 6.01. The van der Waals surface area contributed by atoms with Gasteiger partial charge in [0.05, 0.1) is 6.33 Å². The summed E-state index contributed by atoms with van der Waals surface area (Å²) in [7, 11) is -1.88. The number of ketones is 1. The normalized spacial score (nSPS) is 16.1. The summed E-state index contributed by atoms with van der Waals surface area (Å²) in [5.74, 6) is 0.0118. The van der Waals surface area contributed by atoms with E-state index in [0.717, 1.165) is 11.1 Å². The molecule has 0 saturated carbocycles. The van der Waals surface area contributed by atoms with Crippen molar-refractivity contribution in [1.82, 2.24) is 13.9 Å². The average molecular weight is 458 g/mol. The van der Waals surface area contributed by atoms with Gasteiger partial charge in [0, 0.05) is 43.3 Å². The molecule has 162 valence electrons. The number of nitrogens with zero attached hydrogens (tertiary/aromatic N) is 3. The van der Waals surface area contributed by atoms with Gasteiger partial charge in [-0.05, 0) is 48.1 Å². The van der Waals surface area contributed by atoms with E-state index in [1.807, 2.05) is 43.3 Å². The maximum absolute atomic E-state index is 13.1. The SMILES string of the molecule is Cc1cc(C(=O)CC(c2ccccc2)C2CN(S(=O)(=O)c3cn(C)cn3)C2)ccc1Cl. The lowest BCUT2D eigenvalue weighted by Gasteiger charge is -2.42. The van der Waals surface area contributed by atoms with E-state index in [1.165, 1.54) is 16.8 Å². The number of benzene rings is 2. The number of Topliss-reactive ketones (excluding diaryl/α,β-unsaturated/α-hetero) is 1. The number of hydrogen-bond donors (Lipinski definition) is 0. The van der Waals surface area contributed by atoms with Gasteiger partial charge in [0.1, 0.15) is 0 Å². The summed E-state index contributed by atoms with van der Waals surface area (Å²) in [5.41, 5.74) is 2.53. The number of sulfonamides is 1. The third-order valence-corrected chi connectivity index (χ3v) is 7.99. The smallest absolute Gasteiger partial charge is 0.262 e. The first-order valence-electron chi connectivity index (χ1n) is 10.1. The zero-order valence-corrected chi connectivity index (χ0v) is 19.0. The fraction of sp³-hybridized carbons (Fsp3) is 0.304. The molecule has 31 heavy (non-hydrogen) atoms. The second-order valence-corrected chi connectivity index (χ2v) is 10.4. The lowest BCUT2D eigenvalue weighted by atomic mass is 9.78. The van der Waals surface area contributed by atoms with Crippen LogP contribution in [0.15, 0.2) is 66.1 Å². The molecular weight excluding hydrogens is 434 g/mol. The largest absolute Gasteiger partial charge is 0.339 e. The first-order chi connectivity index (χ1) is 14.8. The van der Waals surface area contributed by atoms with E-state index in [2.05, 4.69) is 4.98 Å². The summed E-state index contributed by atoms with van der Waals surface area (Å²) in [5, 5.41) is 0.683. The van der Waals surface area contributed by atoms with Crippen molar-refractivity contribution in [2.24, 2.45) is 13.0 Å². The van der Waals surface area contributed by atoms with Gasteiger partial charge in [0.25, 0.3) is 10.0 Å². The van der Waals surface area contributed by atoms with Crippen LogP contribution in [-0.2, 0) is 17.1 Å². The van der Waals surface area contributed by atoms with Gasteiger partial charge in [-0.2, -0.15) is 4.31 Å². The number of hydrogen-bond acceptors (Lipinski definition) is 4. The Morgan fingerprint density at radius 2 is 1.90 bits per heavy atom. The molecule has 2 aromatic carbocycles. The summed E-state index contributed by atoms with van der Waals surface area (Å²) in [6, 6.07) is 15.1. The van der Waals surface area contributed by atoms with Crippen LogP contribution in [0.3, 0.4) is 0 Å². The number of carbonyl (C=O) groups excluding carboxylic acids is 1. The van der Waals surface area contributed by atoms with Crippen molar-refractivity contribution >= 4 is 27.4 Å². The maximum atomic E-state index is 13.1. The van der Waals surface area contributed by atoms with Gasteiger partial charge in [0.2, 0.25) is 0 Å². The Bertz CT molecular complexity index is 1200. The first-order valence-corrected chi connectivity index (χ1v) is 11.9. The predicted octanol–water partition coefficient (Wildman–Crippen LogP) is 4.06. The van der Waals surface area contributed by atoms with Gasteiger partial charge in [-0.15, -0.1) is 0 Å². The molecule has 4 rings (SSSR count). The molecule has 1 unspecified atom stereocenters. The summed E-state index contributed by atoms with van der Waals surface area (Å²) in [6.45, 7) is 2.61. The monoisotopic (exact) mass is 457 g/mol. The van der Waals surface area contributed by atoms with Crippen LogP contribution in [-0.4, -0.2) is 41.1 Å². The van der Waals surface area contributed by atoms with Crippen LogP contribution in [0.2, 0.25) is 5.02 Å². The number of halogens is 1. The van der Waals surface area contributed by atoms with Crippen LogP contribution in [0, 0.1) is 12.8 Å². The highest BCUT2D eigenvalue weighted by Crippen LogP contribution is 2.38. The molecule has 0 spiro atoms. The van der Waals surface area contributed by atoms with Crippen molar-refractivity contribution in [1.29, 1.82) is 0 Å². The van der Waals surface area contributed by atoms with Crippen molar-refractivity contribution in [2.75, 3.05) is 13.1 Å². The quantitative estimate of drug-likeness (QED) is 0.501. The van der Waals surface area contributed by atoms with E-state index in [0.29, 0.717) is 30.1 Å². The number of aryl methyl sites for hydroxylation is 2. The zero-order chi connectivity index (χ0) is 22.2. The van der Waals surface area contributed by atoms with Crippen molar-refractivity contribution in [2.45, 2.75) is 24.3 Å². The Hall–Kier alpha value is -2.48. The van der Waals surface area contributed by atoms with E-state index in [1.54, 1.807) is 23.7 Å². The Morgan fingerprint density at radius 1 is 1.19 bits per heavy atom. The molecule has 1 atom stereocenters. The first kappa shape index (κ1) is 21.7. The second kappa shape index (κ2) is 8.57. The molecule has 3 aromatic rings. The van der Waals surface area contributed by atoms with Gasteiger partial charge < -0.3 is 4.57 Å². The third kappa shape index (κ3) is 4.44. The summed E-state index contributed by atoms with van der Waals surface area (Å²) in [4.78, 5) is 17.0. The van der Waals surface area contributed by atoms with Crippen molar-refractivity contribution in [3.05, 3.63) is 82.8 Å². The van der Waals surface area contributed by atoms with Crippen molar-refractivity contribution in [3.8, 4) is 0 Å². The Morgan fingerprint density at radius 3 is 2.52 bits per heavy atom. The van der Waals surface area contributed by atoms with E-state index in [9.17, 15) is 13.2 Å². The Labute approximate surface area is 187 Å². The predicted molar refractivity (Wildman–Crippen MR) is 120 cm³/mol. The minimum atomic E-state index is -3.62. The molecule has 1 aliphatic rings. The highest BCUT2D eigenvalue weighted by Gasteiger charge is 2.42. The summed E-state index contributed by atoms with van der Waals surface area (Å²) in [6.07, 6.45) is 3.29. The Balaban J connectivity index is 1.53. The number of aromatic nitrogens is 2. The standard InChI is InChI=1S/C23H24ClN3O3S/c1-16-10-18(8-9-21(16)24)22(28)11-20(17-6-4-3-5-7-17)19-12-27(13-19)31(29,30)23-14-26(2)15-25-23/h3-10,14-15,19-20H,11-13H2,1-2H3. The average Bonchev–Trinajstić information content (AvgIpc) is 3.16. The molecule has 6 nitrogen and oxygen atoms in total. The molecule has 1 saturated heterocycles. The van der Waals surface area contributed by atoms with Gasteiger partial charge >= 0.3 is 0 Å². The van der Waals surface area contributed by atoms with E-state index >= 15 is 0 Å². The fourth-order valence-corrected chi connectivity index (χ4v) is 5.60. The lowest BCUT2D eigenvalue weighted by molar-refractivity contribution is 0.0931. The third-order valence-electron chi connectivity index (χ3n) is 5.84. The molecule has 1 fully saturated rings. The molecule has 1 aliphatic heterocycles. The minimum Gasteiger partial charge on any atom is -0.339 e. The molecule has 1 aromatic heterocycles. The van der Waals surface area contributed by atoms with Gasteiger partial charge in [-0.3, -0.25) is 4.79 Å². The lowest BCUT2D eigenvalue weighted by Crippen LogP contribution is -2.52. The molecule has 0 radical (unpaired) electrons. The van der Waals surface area contributed by atoms with E-state index in [-0.39, 0.29) is 22.6 Å². The zero-order valence-electron chi connectivity index (χ0n) is 17.4. The molecule has 0 bridgehead atoms. The topological polar surface area (TPSA) is 72.3 Å². The molecule has 0 amide bonds. The summed E-state index contributed by atoms with van der Waals surface area (Å²) < 4.78 is 28.7. The van der Waals surface area contributed by atoms with Crippen molar-refractivity contribution in [3.63, 3.8) is 0 Å². The van der Waals surface area contributed by atoms with Crippen LogP contribution >= 0.6 is 11.6 Å². The van der Waals surface area contributed by atoms with E-state index < -0.39 is 10.0 Å². The van der Waals surface area contributed by atoms with Gasteiger partial charge in [0.15, 0.2) is 10.8 Å². The van der Waals surface area contributed by atoms with Crippen molar-refractivity contribution < 1.29 is 13.2 Å². The second-order valence-electron chi connectivity index (χ2n) is 8.07. The highest BCUT2D eigenvalue weighted by molar-refractivity contribution is 7.89. The fourth-order valence-electron chi connectivity index (χ4n) is 3.97. The number of imidazole rings is 1. The van der Waals surface area contributed by atoms with Crippen LogP contribution in [0.5, 0.6) is 0 Å². The number of carbonyl (C=O) groups is 1. The van der Waals surface area contributed by atoms with Crippen LogP contribution in [0.1, 0.15) is 33.8 Å². The van der Waals surface area contributed by atoms with Crippen LogP contribution in [0.4, 0.5) is 0 Å².